The van der Waals surface area contributed by atoms with E-state index in [4.69, 9.17) is 0 Å². The van der Waals surface area contributed by atoms with E-state index < -0.39 is 0 Å². The quantitative estimate of drug-likeness (QED) is 0.893. The van der Waals surface area contributed by atoms with Gasteiger partial charge in [-0.25, -0.2) is 0 Å². The molecule has 1 heterocycles. The molecule has 19 heavy (non-hydrogen) atoms. The molecule has 100 valence electrons. The summed E-state index contributed by atoms with van der Waals surface area (Å²) in [6.45, 7) is 4.55. The van der Waals surface area contributed by atoms with Gasteiger partial charge in [0.1, 0.15) is 11.4 Å². The summed E-state index contributed by atoms with van der Waals surface area (Å²) < 4.78 is 1.08. The molecule has 0 bridgehead atoms. The van der Waals surface area contributed by atoms with Gasteiger partial charge in [0.25, 0.3) is 0 Å². The van der Waals surface area contributed by atoms with E-state index in [1.165, 1.54) is 5.56 Å². The summed E-state index contributed by atoms with van der Waals surface area (Å²) >= 11 is 3.47. The molecule has 1 aromatic carbocycles. The van der Waals surface area contributed by atoms with E-state index in [1.807, 2.05) is 19.1 Å². The first-order chi connectivity index (χ1) is 9.10. The number of halogens is 1. The molecule has 0 saturated carbocycles. The van der Waals surface area contributed by atoms with Crippen LogP contribution in [0.1, 0.15) is 23.9 Å². The normalized spacial score (nSPS) is 10.5. The second kappa shape index (κ2) is 6.06. The molecule has 0 fully saturated rings. The summed E-state index contributed by atoms with van der Waals surface area (Å²) in [5.41, 5.74) is 3.89. The molecule has 0 aliphatic carbocycles. The maximum absolute atomic E-state index is 9.77. The predicted molar refractivity (Wildman–Crippen MR) is 81.5 cm³/mol. The lowest BCUT2D eigenvalue weighted by Gasteiger charge is -2.12. The number of hydrogen-bond acceptors (Lipinski definition) is 3. The van der Waals surface area contributed by atoms with Crippen LogP contribution in [0.4, 0.5) is 5.69 Å². The summed E-state index contributed by atoms with van der Waals surface area (Å²) in [6, 6.07) is 9.63. The maximum Gasteiger partial charge on any atom is 0.138 e. The number of aromatic nitrogens is 1. The number of rotatable bonds is 4. The first-order valence-electron chi connectivity index (χ1n) is 6.28. The van der Waals surface area contributed by atoms with Gasteiger partial charge < -0.3 is 10.4 Å². The van der Waals surface area contributed by atoms with Crippen LogP contribution in [0.3, 0.4) is 0 Å². The van der Waals surface area contributed by atoms with Crippen LogP contribution in [-0.4, -0.2) is 10.1 Å². The van der Waals surface area contributed by atoms with Crippen molar-refractivity contribution in [1.82, 2.24) is 4.98 Å². The number of aryl methyl sites for hydroxylation is 2. The highest BCUT2D eigenvalue weighted by atomic mass is 79.9. The molecule has 0 aliphatic heterocycles. The zero-order chi connectivity index (χ0) is 13.8. The van der Waals surface area contributed by atoms with Crippen molar-refractivity contribution in [3.05, 3.63) is 51.8 Å². The molecule has 0 atom stereocenters. The van der Waals surface area contributed by atoms with Crippen LogP contribution >= 0.6 is 15.9 Å². The highest BCUT2D eigenvalue weighted by molar-refractivity contribution is 9.10. The fraction of sp³-hybridized carbons (Fsp3) is 0.267. The van der Waals surface area contributed by atoms with Crippen LogP contribution in [0.15, 0.2) is 34.8 Å². The minimum atomic E-state index is 0.230. The summed E-state index contributed by atoms with van der Waals surface area (Å²) in [4.78, 5) is 4.34. The van der Waals surface area contributed by atoms with Crippen molar-refractivity contribution in [2.24, 2.45) is 0 Å². The van der Waals surface area contributed by atoms with E-state index >= 15 is 0 Å². The van der Waals surface area contributed by atoms with Crippen molar-refractivity contribution < 1.29 is 5.11 Å². The zero-order valence-corrected chi connectivity index (χ0v) is 12.7. The van der Waals surface area contributed by atoms with Gasteiger partial charge in [-0.3, -0.25) is 4.98 Å². The summed E-state index contributed by atoms with van der Waals surface area (Å²) in [6.07, 6.45) is 0.953. The smallest absolute Gasteiger partial charge is 0.138 e. The summed E-state index contributed by atoms with van der Waals surface area (Å²) in [5, 5.41) is 13.1. The minimum Gasteiger partial charge on any atom is -0.506 e. The Kier molecular flexibility index (Phi) is 4.43. The molecule has 2 aromatic rings. The molecular formula is C15H17BrN2O. The second-order valence-corrected chi connectivity index (χ2v) is 5.34. The molecular weight excluding hydrogens is 304 g/mol. The van der Waals surface area contributed by atoms with E-state index in [-0.39, 0.29) is 5.75 Å². The van der Waals surface area contributed by atoms with Gasteiger partial charge in [-0.15, -0.1) is 0 Å². The van der Waals surface area contributed by atoms with Crippen LogP contribution in [0.2, 0.25) is 0 Å². The second-order valence-electron chi connectivity index (χ2n) is 4.43. The Morgan fingerprint density at radius 2 is 2.05 bits per heavy atom. The third-order valence-electron chi connectivity index (χ3n) is 2.98. The van der Waals surface area contributed by atoms with Crippen molar-refractivity contribution in [2.75, 3.05) is 5.32 Å². The molecule has 1 aromatic heterocycles. The average Bonchev–Trinajstić information content (AvgIpc) is 2.40. The Labute approximate surface area is 121 Å². The van der Waals surface area contributed by atoms with Crippen LogP contribution in [0, 0.1) is 6.92 Å². The van der Waals surface area contributed by atoms with Gasteiger partial charge in [0.05, 0.1) is 6.54 Å². The van der Waals surface area contributed by atoms with Gasteiger partial charge in [0, 0.05) is 15.9 Å². The van der Waals surface area contributed by atoms with Gasteiger partial charge in [0.2, 0.25) is 0 Å². The van der Waals surface area contributed by atoms with Gasteiger partial charge in [0.15, 0.2) is 0 Å². The Bertz CT molecular complexity index is 584. The molecule has 0 saturated heterocycles. The first-order valence-corrected chi connectivity index (χ1v) is 7.07. The van der Waals surface area contributed by atoms with Crippen LogP contribution in [-0.2, 0) is 13.0 Å². The van der Waals surface area contributed by atoms with Gasteiger partial charge in [-0.05, 0) is 49.2 Å². The summed E-state index contributed by atoms with van der Waals surface area (Å²) in [7, 11) is 0. The van der Waals surface area contributed by atoms with Gasteiger partial charge in [-0.1, -0.05) is 22.9 Å². The molecule has 0 amide bonds. The number of nitrogens with zero attached hydrogens (tertiary/aromatic N) is 1. The molecule has 0 radical (unpaired) electrons. The van der Waals surface area contributed by atoms with E-state index in [1.54, 1.807) is 12.1 Å². The third-order valence-corrected chi connectivity index (χ3v) is 3.48. The highest BCUT2D eigenvalue weighted by Gasteiger charge is 2.05. The Morgan fingerprint density at radius 3 is 2.79 bits per heavy atom. The standard InChI is InChI=1S/C15H17BrN2O/c1-3-11-8-12(16)5-6-13(11)17-9-14-15(19)7-4-10(2)18-14/h4-8,17,19H,3,9H2,1-2H3. The molecule has 3 nitrogen and oxygen atoms in total. The lowest BCUT2D eigenvalue weighted by molar-refractivity contribution is 0.464. The number of hydrogen-bond donors (Lipinski definition) is 2. The fourth-order valence-corrected chi connectivity index (χ4v) is 2.35. The highest BCUT2D eigenvalue weighted by Crippen LogP contribution is 2.23. The number of pyridine rings is 1. The van der Waals surface area contributed by atoms with Crippen molar-refractivity contribution in [3.8, 4) is 5.75 Å². The van der Waals surface area contributed by atoms with Crippen molar-refractivity contribution in [1.29, 1.82) is 0 Å². The van der Waals surface area contributed by atoms with Crippen LogP contribution < -0.4 is 5.32 Å². The molecule has 2 rings (SSSR count). The van der Waals surface area contributed by atoms with E-state index in [0.29, 0.717) is 12.2 Å². The van der Waals surface area contributed by atoms with E-state index in [0.717, 1.165) is 22.3 Å². The molecule has 2 N–H and O–H groups in total. The monoisotopic (exact) mass is 320 g/mol. The van der Waals surface area contributed by atoms with Crippen LogP contribution in [0.5, 0.6) is 5.75 Å². The van der Waals surface area contributed by atoms with E-state index in [9.17, 15) is 5.11 Å². The number of anilines is 1. The first kappa shape index (κ1) is 13.9. The number of benzene rings is 1. The van der Waals surface area contributed by atoms with Crippen LogP contribution in [0.25, 0.3) is 0 Å². The van der Waals surface area contributed by atoms with Crippen molar-refractivity contribution in [2.45, 2.75) is 26.8 Å². The molecule has 4 heteroatoms. The Hall–Kier alpha value is -1.55. The topological polar surface area (TPSA) is 45.2 Å². The van der Waals surface area contributed by atoms with Crippen molar-refractivity contribution in [3.63, 3.8) is 0 Å². The minimum absolute atomic E-state index is 0.230. The molecule has 0 spiro atoms. The average molecular weight is 321 g/mol. The van der Waals surface area contributed by atoms with Gasteiger partial charge >= 0.3 is 0 Å². The fourth-order valence-electron chi connectivity index (χ4n) is 1.94. The third kappa shape index (κ3) is 3.47. The maximum atomic E-state index is 9.77. The van der Waals surface area contributed by atoms with E-state index in [2.05, 4.69) is 39.2 Å². The Balaban J connectivity index is 2.16. The Morgan fingerprint density at radius 1 is 1.26 bits per heavy atom. The lowest BCUT2D eigenvalue weighted by atomic mass is 10.1. The van der Waals surface area contributed by atoms with Gasteiger partial charge in [-0.2, -0.15) is 0 Å². The molecule has 0 unspecified atom stereocenters. The number of aromatic hydroxyl groups is 1. The van der Waals surface area contributed by atoms with Crippen molar-refractivity contribution >= 4 is 21.6 Å². The number of nitrogens with one attached hydrogen (secondary N) is 1. The lowest BCUT2D eigenvalue weighted by Crippen LogP contribution is -2.04. The largest absolute Gasteiger partial charge is 0.506 e. The zero-order valence-electron chi connectivity index (χ0n) is 11.1. The summed E-state index contributed by atoms with van der Waals surface area (Å²) in [5.74, 6) is 0.230. The predicted octanol–water partition coefficient (Wildman–Crippen LogP) is 4.03. The SMILES string of the molecule is CCc1cc(Br)ccc1NCc1nc(C)ccc1O. The molecule has 0 aliphatic rings.